The molecule has 0 atom stereocenters. The molecule has 9 aromatic carbocycles. The van der Waals surface area contributed by atoms with Gasteiger partial charge in [-0.2, -0.15) is 0 Å². The number of hydrogen-bond acceptors (Lipinski definition) is 13. The molecule has 13 heteroatoms. The maximum atomic E-state index is 12.3. The number of carbonyl (C=O) groups is 2. The Morgan fingerprint density at radius 3 is 1.48 bits per heavy atom. The Balaban J connectivity index is 0.000000118. The Morgan fingerprint density at radius 1 is 0.422 bits per heavy atom. The normalized spacial score (nSPS) is 11.6. The largest absolute Gasteiger partial charge is 0.504 e. The molecule has 0 radical (unpaired) electrons. The Labute approximate surface area is 520 Å². The quantitative estimate of drug-likeness (QED) is 0.0880. The van der Waals surface area contributed by atoms with E-state index in [0.717, 1.165) is 79.6 Å². The highest BCUT2D eigenvalue weighted by molar-refractivity contribution is 6.29. The molecule has 90 heavy (non-hydrogen) atoms. The van der Waals surface area contributed by atoms with Crippen LogP contribution in [-0.4, -0.2) is 83.0 Å². The lowest BCUT2D eigenvalue weighted by Gasteiger charge is -2.21. The lowest BCUT2D eigenvalue weighted by Crippen LogP contribution is -2.21. The monoisotopic (exact) mass is 1180 g/mol. The molecule has 13 nitrogen and oxygen atoms in total. The SMILES string of the molecule is CCN(CC)c1ccc2nc3c4ccccc4c(=O)cc-3oc2c1.CN(C)c1ccc2cc3ccc(N(C)C)cc3nc2c1.Cc1cc(-c2ccccc2)c2ccc3c(-c4ccccc4)cc(C)nc3c2n1.O=C1c2ccccc2C(=O)c2c1ccc(O)c2O. The molecule has 3 aliphatic rings. The van der Waals surface area contributed by atoms with E-state index in [-0.39, 0.29) is 27.9 Å². The molecule has 1 aliphatic heterocycles. The van der Waals surface area contributed by atoms with E-state index in [1.165, 1.54) is 68.7 Å². The molecule has 0 bridgehead atoms. The summed E-state index contributed by atoms with van der Waals surface area (Å²) in [6.07, 6.45) is 0. The van der Waals surface area contributed by atoms with Gasteiger partial charge in [0.05, 0.1) is 27.6 Å². The van der Waals surface area contributed by atoms with Crippen LogP contribution in [0.5, 0.6) is 11.5 Å². The average molecular weight is 1180 g/mol. The maximum absolute atomic E-state index is 12.3. The van der Waals surface area contributed by atoms with Gasteiger partial charge in [-0.1, -0.05) is 133 Å². The second-order valence-electron chi connectivity index (χ2n) is 22.6. The highest BCUT2D eigenvalue weighted by Gasteiger charge is 2.33. The summed E-state index contributed by atoms with van der Waals surface area (Å²) in [6.45, 7) is 10.2. The molecule has 0 saturated heterocycles. The van der Waals surface area contributed by atoms with Crippen LogP contribution < -0.4 is 20.1 Å². The van der Waals surface area contributed by atoms with Crippen molar-refractivity contribution in [3.63, 3.8) is 0 Å². The fourth-order valence-corrected chi connectivity index (χ4v) is 11.7. The number of pyridine rings is 3. The first kappa shape index (κ1) is 59.0. The van der Waals surface area contributed by atoms with Gasteiger partial charge in [0, 0.05) is 131 Å². The van der Waals surface area contributed by atoms with Crippen LogP contribution in [0.3, 0.4) is 0 Å². The number of aryl methyl sites for hydroxylation is 2. The van der Waals surface area contributed by atoms with Crippen molar-refractivity contribution in [2.75, 3.05) is 56.0 Å². The van der Waals surface area contributed by atoms with Crippen LogP contribution in [0.4, 0.5) is 17.1 Å². The van der Waals surface area contributed by atoms with Gasteiger partial charge < -0.3 is 29.3 Å². The minimum absolute atomic E-state index is 0.0390. The Bertz CT molecular complexity index is 4950. The van der Waals surface area contributed by atoms with Crippen LogP contribution in [0.25, 0.3) is 99.2 Å². The smallest absolute Gasteiger partial charge is 0.198 e. The van der Waals surface area contributed by atoms with E-state index < -0.39 is 17.3 Å². The van der Waals surface area contributed by atoms with Crippen molar-refractivity contribution < 1.29 is 24.2 Å². The summed E-state index contributed by atoms with van der Waals surface area (Å²) in [7, 11) is 8.19. The van der Waals surface area contributed by atoms with E-state index in [4.69, 9.17) is 24.4 Å². The number of ketones is 2. The van der Waals surface area contributed by atoms with Crippen molar-refractivity contribution >= 4 is 94.1 Å². The third-order valence-corrected chi connectivity index (χ3v) is 16.3. The average Bonchev–Trinajstić information content (AvgIpc) is 0.796. The molecule has 0 amide bonds. The number of rotatable bonds is 7. The minimum atomic E-state index is -0.541. The van der Waals surface area contributed by atoms with Gasteiger partial charge in [-0.3, -0.25) is 24.4 Å². The number of carbonyl (C=O) groups excluding carboxylic acids is 2. The molecule has 2 aliphatic carbocycles. The molecule has 444 valence electrons. The first-order chi connectivity index (χ1) is 43.6. The lowest BCUT2D eigenvalue weighted by molar-refractivity contribution is 0.0976. The lowest BCUT2D eigenvalue weighted by atomic mass is 9.83. The van der Waals surface area contributed by atoms with Crippen molar-refractivity contribution in [2.45, 2.75) is 27.7 Å². The topological polar surface area (TPSA) is 166 Å². The third kappa shape index (κ3) is 11.5. The number of nitrogens with zero attached hydrogens (tertiary/aromatic N) is 7. The van der Waals surface area contributed by atoms with Gasteiger partial charge in [0.2, 0.25) is 0 Å². The van der Waals surface area contributed by atoms with Gasteiger partial charge in [0.15, 0.2) is 39.8 Å². The van der Waals surface area contributed by atoms with E-state index in [9.17, 15) is 24.6 Å². The summed E-state index contributed by atoms with van der Waals surface area (Å²) in [5.41, 5.74) is 17.0. The molecule has 0 unspecified atom stereocenters. The van der Waals surface area contributed by atoms with Crippen molar-refractivity contribution in [1.29, 1.82) is 0 Å². The predicted octanol–water partition coefficient (Wildman–Crippen LogP) is 16.4. The summed E-state index contributed by atoms with van der Waals surface area (Å²) in [5.74, 6) is -1.19. The standard InChI is InChI=1S/C26H20N2.C20H18N2O2.C17H19N3.C14H8O4/c1-17-15-23(19-9-5-3-6-10-19)21-13-14-22-24(20-11-7-4-8-12-20)16-18(2)28-26(22)25(21)27-17;1-3-22(4-2)13-9-10-16-18(11-13)24-19-12-17(23)14-7-5-6-8-15(14)20(19)21-16;1-19(2)14-7-5-12-9-13-6-8-15(20(3)4)11-17(13)18-16(12)10-14;15-10-6-5-9-11(14(10)18)13(17)8-4-2-1-3-7(8)12(9)16/h3-16H,1-2H3;5-12H,3-4H2,1-2H3;5-11H,1-4H3;1-6,15,18H. The van der Waals surface area contributed by atoms with E-state index >= 15 is 0 Å². The molecule has 0 spiro atoms. The van der Waals surface area contributed by atoms with Crippen LogP contribution in [0.1, 0.15) is 57.1 Å². The highest BCUT2D eigenvalue weighted by atomic mass is 16.3. The Kier molecular flexibility index (Phi) is 16.3. The number of hydrogen-bond donors (Lipinski definition) is 2. The number of aromatic nitrogens is 4. The van der Waals surface area contributed by atoms with E-state index in [1.807, 2.05) is 76.7 Å². The second-order valence-corrected chi connectivity index (χ2v) is 22.6. The van der Waals surface area contributed by atoms with Crippen LogP contribution >= 0.6 is 0 Å². The van der Waals surface area contributed by atoms with Crippen molar-refractivity contribution in [2.24, 2.45) is 0 Å². The van der Waals surface area contributed by atoms with Gasteiger partial charge >= 0.3 is 0 Å². The van der Waals surface area contributed by atoms with Crippen molar-refractivity contribution in [1.82, 2.24) is 19.9 Å². The second kappa shape index (κ2) is 24.8. The zero-order chi connectivity index (χ0) is 62.9. The maximum Gasteiger partial charge on any atom is 0.198 e. The predicted molar refractivity (Wildman–Crippen MR) is 366 cm³/mol. The fourth-order valence-electron chi connectivity index (χ4n) is 11.7. The summed E-state index contributed by atoms with van der Waals surface area (Å²) < 4.78 is 6.03. The van der Waals surface area contributed by atoms with Gasteiger partial charge in [-0.05, 0) is 117 Å². The molecule has 3 aromatic heterocycles. The van der Waals surface area contributed by atoms with E-state index in [0.29, 0.717) is 22.3 Å². The van der Waals surface area contributed by atoms with Crippen LogP contribution in [0.15, 0.2) is 222 Å². The molecular formula is C77H65N7O6. The molecule has 0 saturated carbocycles. The Morgan fingerprint density at radius 2 is 0.933 bits per heavy atom. The first-order valence-corrected chi connectivity index (χ1v) is 29.8. The number of phenolic OH excluding ortho intramolecular Hbond substituents is 2. The Hall–Kier alpha value is -11.3. The highest BCUT2D eigenvalue weighted by Crippen LogP contribution is 2.40. The molecule has 4 heterocycles. The van der Waals surface area contributed by atoms with E-state index in [1.54, 1.807) is 18.2 Å². The minimum Gasteiger partial charge on any atom is -0.504 e. The van der Waals surface area contributed by atoms with Crippen LogP contribution in [0, 0.1) is 13.8 Å². The zero-order valence-corrected chi connectivity index (χ0v) is 51.3. The van der Waals surface area contributed by atoms with Crippen molar-refractivity contribution in [3.8, 4) is 45.2 Å². The number of anilines is 3. The number of fused-ring (bicyclic) bond motifs is 11. The van der Waals surface area contributed by atoms with Crippen LogP contribution in [0.2, 0.25) is 0 Å². The van der Waals surface area contributed by atoms with Gasteiger partial charge in [-0.15, -0.1) is 0 Å². The van der Waals surface area contributed by atoms with Gasteiger partial charge in [-0.25, -0.2) is 9.97 Å². The first-order valence-electron chi connectivity index (χ1n) is 29.8. The van der Waals surface area contributed by atoms with Gasteiger partial charge in [0.1, 0.15) is 11.2 Å². The summed E-state index contributed by atoms with van der Waals surface area (Å²) in [5, 5.41) is 25.3. The number of aromatic hydroxyl groups is 2. The number of phenols is 2. The van der Waals surface area contributed by atoms with E-state index in [2.05, 4.69) is 164 Å². The molecule has 15 rings (SSSR count). The molecule has 12 aromatic rings. The molecule has 2 N–H and O–H groups in total. The molecule has 0 fully saturated rings. The molecular weight excluding hydrogens is 1120 g/mol. The van der Waals surface area contributed by atoms with Crippen molar-refractivity contribution in [3.05, 3.63) is 256 Å². The third-order valence-electron chi connectivity index (χ3n) is 16.3. The summed E-state index contributed by atoms with van der Waals surface area (Å²) >= 11 is 0. The summed E-state index contributed by atoms with van der Waals surface area (Å²) in [6, 6.07) is 68.8. The zero-order valence-electron chi connectivity index (χ0n) is 51.3. The van der Waals surface area contributed by atoms with Crippen LogP contribution in [-0.2, 0) is 0 Å². The summed E-state index contributed by atoms with van der Waals surface area (Å²) in [4.78, 5) is 62.5. The number of benzene rings is 10. The van der Waals surface area contributed by atoms with Gasteiger partial charge in [0.25, 0.3) is 0 Å². The fraction of sp³-hybridized carbons (Fsp3) is 0.130.